The van der Waals surface area contributed by atoms with Crippen LogP contribution in [0.15, 0.2) is 70.3 Å². The minimum atomic E-state index is -0.383. The Labute approximate surface area is 149 Å². The van der Waals surface area contributed by atoms with Crippen molar-refractivity contribution in [1.29, 1.82) is 0 Å². The number of benzene rings is 2. The molecule has 1 aliphatic rings. The van der Waals surface area contributed by atoms with Crippen LogP contribution in [0.5, 0.6) is 0 Å². The van der Waals surface area contributed by atoms with Gasteiger partial charge in [0, 0.05) is 29.9 Å². The summed E-state index contributed by atoms with van der Waals surface area (Å²) in [6, 6.07) is 17.0. The predicted molar refractivity (Wildman–Crippen MR) is 99.1 cm³/mol. The average molecular weight is 347 g/mol. The van der Waals surface area contributed by atoms with Crippen LogP contribution in [0, 0.1) is 0 Å². The Bertz CT molecular complexity index is 1100. The number of carbonyl (C=O) groups excluding carboxylic acids is 1. The zero-order valence-electron chi connectivity index (χ0n) is 14.0. The van der Waals surface area contributed by atoms with Gasteiger partial charge in [-0.15, -0.1) is 0 Å². The van der Waals surface area contributed by atoms with Crippen molar-refractivity contribution in [2.45, 2.75) is 12.8 Å². The highest BCUT2D eigenvalue weighted by Gasteiger charge is 2.23. The number of carbonyl (C=O) groups is 1. The molecule has 2 heterocycles. The molecule has 0 unspecified atom stereocenters. The minimum Gasteiger partial charge on any atom is -0.308 e. The molecule has 0 radical (unpaired) electrons. The van der Waals surface area contributed by atoms with Gasteiger partial charge in [0.05, 0.1) is 5.69 Å². The van der Waals surface area contributed by atoms with E-state index in [2.05, 4.69) is 5.10 Å². The lowest BCUT2D eigenvalue weighted by Gasteiger charge is -2.29. The van der Waals surface area contributed by atoms with Crippen molar-refractivity contribution in [3.05, 3.63) is 92.5 Å². The molecule has 130 valence electrons. The largest absolute Gasteiger partial charge is 0.308 e. The lowest BCUT2D eigenvalue weighted by Crippen LogP contribution is -2.35. The van der Waals surface area contributed by atoms with Gasteiger partial charge < -0.3 is 4.90 Å². The zero-order chi connectivity index (χ0) is 18.1. The van der Waals surface area contributed by atoms with Gasteiger partial charge in [0.1, 0.15) is 0 Å². The monoisotopic (exact) mass is 347 g/mol. The van der Waals surface area contributed by atoms with Crippen molar-refractivity contribution in [2.75, 3.05) is 11.4 Å². The van der Waals surface area contributed by atoms with Crippen LogP contribution >= 0.6 is 0 Å². The first-order valence-electron chi connectivity index (χ1n) is 8.46. The standard InChI is InChI=1S/C20H17N3O3/c24-18-10-11-19(25)23(21-18)16-8-3-6-15(13-16)20(26)22-12-4-7-14-5-1-2-9-17(14)22/h1-3,5-6,8-11,13H,4,7,12H2,(H,21,24). The van der Waals surface area contributed by atoms with Crippen molar-refractivity contribution < 1.29 is 4.79 Å². The smallest absolute Gasteiger partial charge is 0.269 e. The van der Waals surface area contributed by atoms with E-state index < -0.39 is 0 Å². The maximum atomic E-state index is 13.1. The Balaban J connectivity index is 1.74. The highest BCUT2D eigenvalue weighted by atomic mass is 16.2. The molecule has 0 aliphatic carbocycles. The van der Waals surface area contributed by atoms with E-state index in [1.54, 1.807) is 29.2 Å². The molecular formula is C20H17N3O3. The van der Waals surface area contributed by atoms with Crippen molar-refractivity contribution in [3.8, 4) is 5.69 Å². The second-order valence-electron chi connectivity index (χ2n) is 6.22. The number of anilines is 1. The number of nitrogens with one attached hydrogen (secondary N) is 1. The van der Waals surface area contributed by atoms with Crippen LogP contribution in [0.1, 0.15) is 22.3 Å². The molecular weight excluding hydrogens is 330 g/mol. The maximum Gasteiger partial charge on any atom is 0.269 e. The Hall–Kier alpha value is -3.41. The highest BCUT2D eigenvalue weighted by Crippen LogP contribution is 2.28. The Morgan fingerprint density at radius 3 is 2.69 bits per heavy atom. The van der Waals surface area contributed by atoms with E-state index in [-0.39, 0.29) is 17.0 Å². The molecule has 0 atom stereocenters. The van der Waals surface area contributed by atoms with Gasteiger partial charge in [-0.3, -0.25) is 19.5 Å². The van der Waals surface area contributed by atoms with Crippen LogP contribution in [-0.2, 0) is 6.42 Å². The first-order chi connectivity index (χ1) is 12.6. The van der Waals surface area contributed by atoms with E-state index in [0.717, 1.165) is 28.8 Å². The van der Waals surface area contributed by atoms with Gasteiger partial charge in [-0.2, -0.15) is 0 Å². The van der Waals surface area contributed by atoms with E-state index in [9.17, 15) is 14.4 Å². The number of hydrogen-bond donors (Lipinski definition) is 1. The lowest BCUT2D eigenvalue weighted by atomic mass is 10.0. The highest BCUT2D eigenvalue weighted by molar-refractivity contribution is 6.07. The number of amides is 1. The number of aryl methyl sites for hydroxylation is 1. The number of H-pyrrole nitrogens is 1. The molecule has 4 rings (SSSR count). The summed E-state index contributed by atoms with van der Waals surface area (Å²) < 4.78 is 1.14. The third kappa shape index (κ3) is 2.86. The number of para-hydroxylation sites is 1. The average Bonchev–Trinajstić information content (AvgIpc) is 2.69. The van der Waals surface area contributed by atoms with Crippen molar-refractivity contribution >= 4 is 11.6 Å². The molecule has 6 nitrogen and oxygen atoms in total. The first kappa shape index (κ1) is 16.1. The van der Waals surface area contributed by atoms with Crippen LogP contribution in [0.2, 0.25) is 0 Å². The molecule has 0 fully saturated rings. The van der Waals surface area contributed by atoms with E-state index in [1.807, 2.05) is 24.3 Å². The fraction of sp³-hybridized carbons (Fsp3) is 0.150. The molecule has 1 N–H and O–H groups in total. The summed E-state index contributed by atoms with van der Waals surface area (Å²) in [5.74, 6) is -0.120. The van der Waals surface area contributed by atoms with Gasteiger partial charge in [-0.1, -0.05) is 24.3 Å². The van der Waals surface area contributed by atoms with E-state index in [4.69, 9.17) is 0 Å². The minimum absolute atomic E-state index is 0.120. The van der Waals surface area contributed by atoms with E-state index >= 15 is 0 Å². The van der Waals surface area contributed by atoms with E-state index in [0.29, 0.717) is 17.8 Å². The Morgan fingerprint density at radius 2 is 1.81 bits per heavy atom. The second-order valence-corrected chi connectivity index (χ2v) is 6.22. The molecule has 1 amide bonds. The molecule has 6 heteroatoms. The normalized spacial score (nSPS) is 13.3. The zero-order valence-corrected chi connectivity index (χ0v) is 14.0. The summed E-state index contributed by atoms with van der Waals surface area (Å²) in [5, 5.41) is 2.48. The fourth-order valence-corrected chi connectivity index (χ4v) is 3.29. The van der Waals surface area contributed by atoms with Crippen molar-refractivity contribution in [2.24, 2.45) is 0 Å². The number of rotatable bonds is 2. The quantitative estimate of drug-likeness (QED) is 0.771. The first-order valence-corrected chi connectivity index (χ1v) is 8.46. The molecule has 1 aromatic heterocycles. The SMILES string of the molecule is O=C(c1cccc(-n2[nH]c(=O)ccc2=O)c1)N1CCCc2ccccc21. The molecule has 0 bridgehead atoms. The van der Waals surface area contributed by atoms with Gasteiger partial charge in [0.2, 0.25) is 0 Å². The number of aromatic nitrogens is 2. The molecule has 2 aromatic carbocycles. The Morgan fingerprint density at radius 1 is 0.962 bits per heavy atom. The van der Waals surface area contributed by atoms with Gasteiger partial charge in [-0.25, -0.2) is 4.68 Å². The second kappa shape index (κ2) is 6.48. The van der Waals surface area contributed by atoms with Crippen LogP contribution in [-0.4, -0.2) is 22.2 Å². The maximum absolute atomic E-state index is 13.1. The third-order valence-corrected chi connectivity index (χ3v) is 4.53. The predicted octanol–water partition coefficient (Wildman–Crippen LogP) is 2.12. The van der Waals surface area contributed by atoms with E-state index in [1.165, 1.54) is 12.1 Å². The summed E-state index contributed by atoms with van der Waals surface area (Å²) in [4.78, 5) is 38.4. The van der Waals surface area contributed by atoms with Gasteiger partial charge in [0.25, 0.3) is 17.0 Å². The van der Waals surface area contributed by atoms with Gasteiger partial charge >= 0.3 is 0 Å². The van der Waals surface area contributed by atoms with Crippen LogP contribution in [0.4, 0.5) is 5.69 Å². The van der Waals surface area contributed by atoms with Gasteiger partial charge in [-0.05, 0) is 42.7 Å². The Kier molecular flexibility index (Phi) is 4.01. The molecule has 0 spiro atoms. The van der Waals surface area contributed by atoms with Crippen LogP contribution < -0.4 is 16.0 Å². The topological polar surface area (TPSA) is 75.2 Å². The molecule has 26 heavy (non-hydrogen) atoms. The summed E-state index contributed by atoms with van der Waals surface area (Å²) in [6.07, 6.45) is 1.87. The van der Waals surface area contributed by atoms with Crippen LogP contribution in [0.25, 0.3) is 5.69 Å². The lowest BCUT2D eigenvalue weighted by molar-refractivity contribution is 0.0985. The van der Waals surface area contributed by atoms with Gasteiger partial charge in [0.15, 0.2) is 0 Å². The molecule has 0 saturated heterocycles. The fourth-order valence-electron chi connectivity index (χ4n) is 3.29. The number of aromatic amines is 1. The number of fused-ring (bicyclic) bond motifs is 1. The molecule has 1 aliphatic heterocycles. The summed E-state index contributed by atoms with van der Waals surface area (Å²) in [6.45, 7) is 0.655. The summed E-state index contributed by atoms with van der Waals surface area (Å²) >= 11 is 0. The number of nitrogens with zero attached hydrogens (tertiary/aromatic N) is 2. The molecule has 3 aromatic rings. The summed E-state index contributed by atoms with van der Waals surface area (Å²) in [7, 11) is 0. The van der Waals surface area contributed by atoms with Crippen LogP contribution in [0.3, 0.4) is 0 Å². The third-order valence-electron chi connectivity index (χ3n) is 4.53. The number of hydrogen-bond acceptors (Lipinski definition) is 3. The molecule has 0 saturated carbocycles. The van der Waals surface area contributed by atoms with Crippen molar-refractivity contribution in [3.63, 3.8) is 0 Å². The summed E-state index contributed by atoms with van der Waals surface area (Å²) in [5.41, 5.74) is 2.26. The van der Waals surface area contributed by atoms with Crippen molar-refractivity contribution in [1.82, 2.24) is 9.78 Å².